The first-order valence-electron chi connectivity index (χ1n) is 5.66. The lowest BCUT2D eigenvalue weighted by Gasteiger charge is -2.15. The van der Waals surface area contributed by atoms with Gasteiger partial charge in [0.15, 0.2) is 12.0 Å². The van der Waals surface area contributed by atoms with Gasteiger partial charge in [-0.3, -0.25) is 4.79 Å². The Balaban J connectivity index is 2.91. The highest BCUT2D eigenvalue weighted by atomic mass is 16.5. The minimum atomic E-state index is -0.230. The quantitative estimate of drug-likeness (QED) is 0.715. The van der Waals surface area contributed by atoms with Gasteiger partial charge in [0.1, 0.15) is 0 Å². The van der Waals surface area contributed by atoms with Gasteiger partial charge in [-0.05, 0) is 19.3 Å². The number of hydrogen-bond donors (Lipinski definition) is 1. The summed E-state index contributed by atoms with van der Waals surface area (Å²) >= 11 is 0. The van der Waals surface area contributed by atoms with Crippen molar-refractivity contribution in [2.24, 2.45) is 5.92 Å². The monoisotopic (exact) mass is 241 g/mol. The molecule has 1 rings (SSSR count). The number of rotatable bonds is 7. The van der Waals surface area contributed by atoms with Gasteiger partial charge >= 0.3 is 0 Å². The molecule has 1 heterocycles. The standard InChI is InChI=1S/C11H19N3O3/c1-8(4-5-15)6-14-11(9(2)17-3)10(7-16)12-13-14/h7-9,15H,4-6H2,1-3H3. The van der Waals surface area contributed by atoms with E-state index in [4.69, 9.17) is 9.84 Å². The van der Waals surface area contributed by atoms with Crippen molar-refractivity contribution >= 4 is 6.29 Å². The van der Waals surface area contributed by atoms with E-state index in [9.17, 15) is 4.79 Å². The van der Waals surface area contributed by atoms with Crippen molar-refractivity contribution in [3.05, 3.63) is 11.4 Å². The van der Waals surface area contributed by atoms with Gasteiger partial charge in [0.2, 0.25) is 0 Å². The second-order valence-electron chi connectivity index (χ2n) is 4.16. The minimum Gasteiger partial charge on any atom is -0.396 e. The second kappa shape index (κ2) is 6.46. The van der Waals surface area contributed by atoms with E-state index in [1.54, 1.807) is 11.8 Å². The molecule has 96 valence electrons. The predicted octanol–water partition coefficient (Wildman–Crippen LogP) is 0.817. The lowest BCUT2D eigenvalue weighted by atomic mass is 10.1. The highest BCUT2D eigenvalue weighted by Gasteiger charge is 2.19. The number of aromatic nitrogens is 3. The number of aliphatic hydroxyl groups excluding tert-OH is 1. The molecule has 0 fully saturated rings. The van der Waals surface area contributed by atoms with Crippen molar-refractivity contribution in [1.82, 2.24) is 15.0 Å². The smallest absolute Gasteiger partial charge is 0.172 e. The molecule has 0 radical (unpaired) electrons. The Labute approximate surface area is 101 Å². The van der Waals surface area contributed by atoms with Crippen LogP contribution in [0.4, 0.5) is 0 Å². The van der Waals surface area contributed by atoms with Gasteiger partial charge in [0.25, 0.3) is 0 Å². The van der Waals surface area contributed by atoms with E-state index in [0.29, 0.717) is 30.6 Å². The third kappa shape index (κ3) is 3.34. The molecule has 2 atom stereocenters. The van der Waals surface area contributed by atoms with Gasteiger partial charge in [0.05, 0.1) is 11.8 Å². The Morgan fingerprint density at radius 1 is 1.53 bits per heavy atom. The molecule has 0 aliphatic heterocycles. The van der Waals surface area contributed by atoms with Gasteiger partial charge in [-0.25, -0.2) is 4.68 Å². The number of carbonyl (C=O) groups is 1. The summed E-state index contributed by atoms with van der Waals surface area (Å²) < 4.78 is 6.89. The van der Waals surface area contributed by atoms with Crippen molar-refractivity contribution in [2.45, 2.75) is 32.9 Å². The lowest BCUT2D eigenvalue weighted by Crippen LogP contribution is -2.15. The molecule has 0 aliphatic rings. The Hall–Kier alpha value is -1.27. The molecule has 0 bridgehead atoms. The Morgan fingerprint density at radius 2 is 2.24 bits per heavy atom. The van der Waals surface area contributed by atoms with Crippen LogP contribution in [-0.4, -0.2) is 40.1 Å². The number of aliphatic hydroxyl groups is 1. The molecule has 1 N–H and O–H groups in total. The van der Waals surface area contributed by atoms with E-state index >= 15 is 0 Å². The van der Waals surface area contributed by atoms with Gasteiger partial charge in [-0.1, -0.05) is 12.1 Å². The maximum Gasteiger partial charge on any atom is 0.172 e. The number of carbonyl (C=O) groups excluding carboxylic acids is 1. The van der Waals surface area contributed by atoms with E-state index in [1.807, 2.05) is 13.8 Å². The van der Waals surface area contributed by atoms with Crippen LogP contribution in [0.3, 0.4) is 0 Å². The van der Waals surface area contributed by atoms with Crippen LogP contribution in [0.1, 0.15) is 42.6 Å². The van der Waals surface area contributed by atoms with Gasteiger partial charge < -0.3 is 9.84 Å². The number of hydrogen-bond acceptors (Lipinski definition) is 5. The zero-order chi connectivity index (χ0) is 12.8. The van der Waals surface area contributed by atoms with Crippen LogP contribution in [0.5, 0.6) is 0 Å². The van der Waals surface area contributed by atoms with E-state index in [0.717, 1.165) is 0 Å². The summed E-state index contributed by atoms with van der Waals surface area (Å²) in [5.41, 5.74) is 1.00. The average molecular weight is 241 g/mol. The average Bonchev–Trinajstić information content (AvgIpc) is 2.71. The zero-order valence-electron chi connectivity index (χ0n) is 10.5. The van der Waals surface area contributed by atoms with Crippen LogP contribution in [0.2, 0.25) is 0 Å². The molecule has 0 aromatic carbocycles. The highest BCUT2D eigenvalue weighted by molar-refractivity contribution is 5.73. The largest absolute Gasteiger partial charge is 0.396 e. The van der Waals surface area contributed by atoms with Crippen LogP contribution in [0.15, 0.2) is 0 Å². The fraction of sp³-hybridized carbons (Fsp3) is 0.727. The SMILES string of the molecule is COC(C)c1c(C=O)nnn1CC(C)CCO. The molecule has 0 saturated carbocycles. The fourth-order valence-corrected chi connectivity index (χ4v) is 1.69. The molecule has 2 unspecified atom stereocenters. The van der Waals surface area contributed by atoms with E-state index in [2.05, 4.69) is 10.3 Å². The maximum atomic E-state index is 10.9. The summed E-state index contributed by atoms with van der Waals surface area (Å²) in [7, 11) is 1.58. The first kappa shape index (κ1) is 13.8. The van der Waals surface area contributed by atoms with Crippen molar-refractivity contribution in [3.63, 3.8) is 0 Å². The Bertz CT molecular complexity index is 365. The molecule has 1 aromatic heterocycles. The number of nitrogens with zero attached hydrogens (tertiary/aromatic N) is 3. The first-order chi connectivity index (χ1) is 8.13. The minimum absolute atomic E-state index is 0.144. The molecular weight excluding hydrogens is 222 g/mol. The Kier molecular flexibility index (Phi) is 5.24. The number of methoxy groups -OCH3 is 1. The number of aldehydes is 1. The van der Waals surface area contributed by atoms with E-state index in [-0.39, 0.29) is 18.6 Å². The van der Waals surface area contributed by atoms with Crippen LogP contribution < -0.4 is 0 Å². The van der Waals surface area contributed by atoms with Crippen molar-refractivity contribution in [3.8, 4) is 0 Å². The predicted molar refractivity (Wildman–Crippen MR) is 61.7 cm³/mol. The second-order valence-corrected chi connectivity index (χ2v) is 4.16. The highest BCUT2D eigenvalue weighted by Crippen LogP contribution is 2.19. The topological polar surface area (TPSA) is 77.2 Å². The van der Waals surface area contributed by atoms with Gasteiger partial charge in [0, 0.05) is 20.3 Å². The molecule has 1 aromatic rings. The molecule has 0 amide bonds. The maximum absolute atomic E-state index is 10.9. The summed E-state index contributed by atoms with van der Waals surface area (Å²) in [6.07, 6.45) is 1.15. The summed E-state index contributed by atoms with van der Waals surface area (Å²) in [5.74, 6) is 0.268. The zero-order valence-corrected chi connectivity index (χ0v) is 10.5. The molecule has 17 heavy (non-hydrogen) atoms. The van der Waals surface area contributed by atoms with E-state index in [1.165, 1.54) is 0 Å². The summed E-state index contributed by atoms with van der Waals surface area (Å²) in [6.45, 7) is 4.62. The molecule has 0 spiro atoms. The molecule has 6 heteroatoms. The molecule has 0 saturated heterocycles. The third-order valence-corrected chi connectivity index (χ3v) is 2.76. The number of ether oxygens (including phenoxy) is 1. The van der Waals surface area contributed by atoms with Crippen molar-refractivity contribution in [1.29, 1.82) is 0 Å². The fourth-order valence-electron chi connectivity index (χ4n) is 1.69. The molecule has 6 nitrogen and oxygen atoms in total. The van der Waals surface area contributed by atoms with Gasteiger partial charge in [-0.15, -0.1) is 5.10 Å². The van der Waals surface area contributed by atoms with Crippen LogP contribution in [-0.2, 0) is 11.3 Å². The van der Waals surface area contributed by atoms with Crippen molar-refractivity contribution < 1.29 is 14.6 Å². The molecule has 0 aliphatic carbocycles. The summed E-state index contributed by atoms with van der Waals surface area (Å²) in [6, 6.07) is 0. The van der Waals surface area contributed by atoms with Gasteiger partial charge in [-0.2, -0.15) is 0 Å². The van der Waals surface area contributed by atoms with Crippen LogP contribution in [0, 0.1) is 5.92 Å². The van der Waals surface area contributed by atoms with E-state index < -0.39 is 0 Å². The summed E-state index contributed by atoms with van der Waals surface area (Å²) in [5, 5.41) is 16.6. The van der Waals surface area contributed by atoms with Crippen LogP contribution in [0.25, 0.3) is 0 Å². The molecular formula is C11H19N3O3. The first-order valence-corrected chi connectivity index (χ1v) is 5.66. The Morgan fingerprint density at radius 3 is 2.76 bits per heavy atom. The normalized spacial score (nSPS) is 14.6. The lowest BCUT2D eigenvalue weighted by molar-refractivity contribution is 0.104. The van der Waals surface area contributed by atoms with Crippen molar-refractivity contribution in [2.75, 3.05) is 13.7 Å². The third-order valence-electron chi connectivity index (χ3n) is 2.76. The van der Waals surface area contributed by atoms with Crippen LogP contribution >= 0.6 is 0 Å². The summed E-state index contributed by atoms with van der Waals surface area (Å²) in [4.78, 5) is 10.9.